The number of anilines is 1. The number of hydrogen-bond donors (Lipinski definition) is 2. The number of nitrogens with two attached hydrogens (primary N) is 1. The minimum absolute atomic E-state index is 0.0860. The summed E-state index contributed by atoms with van der Waals surface area (Å²) in [6, 6.07) is 15.0. The van der Waals surface area contributed by atoms with E-state index in [1.807, 2.05) is 62.4 Å². The number of aryl methyl sites for hydroxylation is 2. The first-order valence-electron chi connectivity index (χ1n) is 7.53. The fourth-order valence-electron chi connectivity index (χ4n) is 2.12. The van der Waals surface area contributed by atoms with Gasteiger partial charge in [0, 0.05) is 5.69 Å². The Balaban J connectivity index is 1.74. The van der Waals surface area contributed by atoms with Gasteiger partial charge in [-0.15, -0.1) is 0 Å². The molecule has 0 spiro atoms. The molecule has 0 aliphatic carbocycles. The number of carbonyl (C=O) groups is 1. The maximum atomic E-state index is 11.8. The molecule has 2 rings (SSSR count). The number of carbonyl (C=O) groups excluding carboxylic acids is 1. The second kappa shape index (κ2) is 8.57. The molecular weight excluding hydrogens is 306 g/mol. The third-order valence-corrected chi connectivity index (χ3v) is 3.01. The Hall–Kier alpha value is -3.02. The molecule has 0 unspecified atom stereocenters. The standard InChI is InChI=1S/C18H21N3O3/c1-13-8-14(2)10-15(9-13)20-18(22)12-24-21-17(19)11-23-16-6-4-3-5-7-16/h3-10H,11-12H2,1-2H3,(H2,19,21)(H,20,22). The van der Waals surface area contributed by atoms with E-state index in [1.165, 1.54) is 0 Å². The number of amides is 1. The van der Waals surface area contributed by atoms with E-state index in [4.69, 9.17) is 15.3 Å². The van der Waals surface area contributed by atoms with Gasteiger partial charge >= 0.3 is 0 Å². The molecule has 2 aromatic carbocycles. The lowest BCUT2D eigenvalue weighted by Gasteiger charge is -2.07. The van der Waals surface area contributed by atoms with Gasteiger partial charge in [0.25, 0.3) is 5.91 Å². The molecule has 0 bridgehead atoms. The van der Waals surface area contributed by atoms with Crippen LogP contribution in [0.25, 0.3) is 0 Å². The van der Waals surface area contributed by atoms with Crippen LogP contribution in [0.4, 0.5) is 5.69 Å². The Morgan fingerprint density at radius 2 is 1.75 bits per heavy atom. The maximum Gasteiger partial charge on any atom is 0.265 e. The van der Waals surface area contributed by atoms with E-state index in [0.29, 0.717) is 5.75 Å². The zero-order valence-corrected chi connectivity index (χ0v) is 13.8. The summed E-state index contributed by atoms with van der Waals surface area (Å²) in [5.74, 6) is 0.529. The molecule has 0 aromatic heterocycles. The first-order valence-corrected chi connectivity index (χ1v) is 7.53. The van der Waals surface area contributed by atoms with E-state index < -0.39 is 0 Å². The molecule has 0 saturated carbocycles. The van der Waals surface area contributed by atoms with Crippen LogP contribution in [0.2, 0.25) is 0 Å². The fraction of sp³-hybridized carbons (Fsp3) is 0.222. The van der Waals surface area contributed by atoms with Crippen molar-refractivity contribution in [1.29, 1.82) is 0 Å². The number of oxime groups is 1. The number of nitrogens with one attached hydrogen (secondary N) is 1. The lowest BCUT2D eigenvalue weighted by molar-refractivity contribution is -0.120. The Bertz CT molecular complexity index is 694. The smallest absolute Gasteiger partial charge is 0.265 e. The molecule has 6 nitrogen and oxygen atoms in total. The summed E-state index contributed by atoms with van der Waals surface area (Å²) in [4.78, 5) is 16.8. The molecule has 0 aliphatic rings. The van der Waals surface area contributed by atoms with Crippen LogP contribution in [0.1, 0.15) is 11.1 Å². The summed E-state index contributed by atoms with van der Waals surface area (Å²) < 4.78 is 5.41. The minimum atomic E-state index is -0.305. The quantitative estimate of drug-likeness (QED) is 0.465. The highest BCUT2D eigenvalue weighted by Gasteiger charge is 2.04. The normalized spacial score (nSPS) is 11.0. The third kappa shape index (κ3) is 6.00. The van der Waals surface area contributed by atoms with E-state index in [-0.39, 0.29) is 25.0 Å². The molecule has 0 saturated heterocycles. The number of ether oxygens (including phenoxy) is 1. The van der Waals surface area contributed by atoms with Gasteiger partial charge in [-0.25, -0.2) is 0 Å². The van der Waals surface area contributed by atoms with Crippen molar-refractivity contribution in [3.63, 3.8) is 0 Å². The molecule has 24 heavy (non-hydrogen) atoms. The Labute approximate surface area is 141 Å². The van der Waals surface area contributed by atoms with Gasteiger partial charge in [0.1, 0.15) is 12.4 Å². The predicted molar refractivity (Wildman–Crippen MR) is 94.1 cm³/mol. The molecule has 1 amide bonds. The summed E-state index contributed by atoms with van der Waals surface area (Å²) in [7, 11) is 0. The monoisotopic (exact) mass is 327 g/mol. The van der Waals surface area contributed by atoms with Crippen molar-refractivity contribution < 1.29 is 14.4 Å². The van der Waals surface area contributed by atoms with Gasteiger partial charge in [-0.05, 0) is 49.2 Å². The maximum absolute atomic E-state index is 11.8. The van der Waals surface area contributed by atoms with Crippen LogP contribution >= 0.6 is 0 Å². The average molecular weight is 327 g/mol. The number of amidine groups is 1. The van der Waals surface area contributed by atoms with Gasteiger partial charge in [-0.2, -0.15) is 0 Å². The highest BCUT2D eigenvalue weighted by Crippen LogP contribution is 2.13. The molecule has 0 atom stereocenters. The van der Waals surface area contributed by atoms with Crippen LogP contribution in [0.15, 0.2) is 53.7 Å². The number of para-hydroxylation sites is 1. The number of nitrogens with zero attached hydrogens (tertiary/aromatic N) is 1. The molecule has 126 valence electrons. The van der Waals surface area contributed by atoms with E-state index in [1.54, 1.807) is 0 Å². The number of rotatable bonds is 7. The summed E-state index contributed by atoms with van der Waals surface area (Å²) >= 11 is 0. The van der Waals surface area contributed by atoms with Crippen LogP contribution in [0.5, 0.6) is 5.75 Å². The lowest BCUT2D eigenvalue weighted by atomic mass is 10.1. The zero-order valence-electron chi connectivity index (χ0n) is 13.8. The minimum Gasteiger partial charge on any atom is -0.486 e. The first-order chi connectivity index (χ1) is 11.5. The molecule has 6 heteroatoms. The molecular formula is C18H21N3O3. The van der Waals surface area contributed by atoms with Crippen LogP contribution < -0.4 is 15.8 Å². The molecule has 2 aromatic rings. The number of hydrogen-bond acceptors (Lipinski definition) is 4. The second-order valence-corrected chi connectivity index (χ2v) is 5.38. The highest BCUT2D eigenvalue weighted by molar-refractivity contribution is 5.92. The SMILES string of the molecule is Cc1cc(C)cc(NC(=O)CO/N=C(/N)COc2ccccc2)c1. The lowest BCUT2D eigenvalue weighted by Crippen LogP contribution is -2.23. The first kappa shape index (κ1) is 17.3. The van der Waals surface area contributed by atoms with Crippen molar-refractivity contribution in [3.8, 4) is 5.75 Å². The van der Waals surface area contributed by atoms with Crippen molar-refractivity contribution in [2.24, 2.45) is 10.9 Å². The van der Waals surface area contributed by atoms with Crippen molar-refractivity contribution in [3.05, 3.63) is 59.7 Å². The van der Waals surface area contributed by atoms with E-state index in [0.717, 1.165) is 16.8 Å². The van der Waals surface area contributed by atoms with E-state index in [2.05, 4.69) is 10.5 Å². The number of benzene rings is 2. The summed E-state index contributed by atoms with van der Waals surface area (Å²) in [6.07, 6.45) is 0. The Morgan fingerprint density at radius 3 is 2.42 bits per heavy atom. The van der Waals surface area contributed by atoms with Crippen molar-refractivity contribution >= 4 is 17.4 Å². The summed E-state index contributed by atoms with van der Waals surface area (Å²) in [5, 5.41) is 6.41. The van der Waals surface area contributed by atoms with Gasteiger partial charge in [0.2, 0.25) is 0 Å². The zero-order chi connectivity index (χ0) is 17.4. The van der Waals surface area contributed by atoms with Gasteiger partial charge in [-0.3, -0.25) is 4.79 Å². The predicted octanol–water partition coefficient (Wildman–Crippen LogP) is 2.61. The van der Waals surface area contributed by atoms with Crippen molar-refractivity contribution in [1.82, 2.24) is 0 Å². The van der Waals surface area contributed by atoms with E-state index >= 15 is 0 Å². The molecule has 0 aliphatic heterocycles. The molecule has 0 fully saturated rings. The highest BCUT2D eigenvalue weighted by atomic mass is 16.6. The average Bonchev–Trinajstić information content (AvgIpc) is 2.53. The fourth-order valence-corrected chi connectivity index (χ4v) is 2.12. The van der Waals surface area contributed by atoms with Crippen molar-refractivity contribution in [2.75, 3.05) is 18.5 Å². The van der Waals surface area contributed by atoms with Crippen LogP contribution in [-0.2, 0) is 9.63 Å². The molecule has 3 N–H and O–H groups in total. The van der Waals surface area contributed by atoms with Gasteiger partial charge in [0.15, 0.2) is 12.4 Å². The van der Waals surface area contributed by atoms with E-state index in [9.17, 15) is 4.79 Å². The van der Waals surface area contributed by atoms with Crippen LogP contribution in [-0.4, -0.2) is 25.0 Å². The second-order valence-electron chi connectivity index (χ2n) is 5.38. The van der Waals surface area contributed by atoms with Crippen LogP contribution in [0.3, 0.4) is 0 Å². The molecule has 0 heterocycles. The summed E-state index contributed by atoms with van der Waals surface area (Å²) in [5.41, 5.74) is 8.55. The van der Waals surface area contributed by atoms with Crippen molar-refractivity contribution in [2.45, 2.75) is 13.8 Å². The summed E-state index contributed by atoms with van der Waals surface area (Å²) in [6.45, 7) is 3.80. The third-order valence-electron chi connectivity index (χ3n) is 3.01. The Kier molecular flexibility index (Phi) is 6.19. The largest absolute Gasteiger partial charge is 0.486 e. The molecule has 0 radical (unpaired) electrons. The topological polar surface area (TPSA) is 85.9 Å². The van der Waals surface area contributed by atoms with Gasteiger partial charge in [0.05, 0.1) is 0 Å². The Morgan fingerprint density at radius 1 is 1.08 bits per heavy atom. The van der Waals surface area contributed by atoms with Gasteiger partial charge < -0.3 is 20.6 Å². The van der Waals surface area contributed by atoms with Gasteiger partial charge in [-0.1, -0.05) is 29.4 Å². The van der Waals surface area contributed by atoms with Crippen LogP contribution in [0, 0.1) is 13.8 Å².